The first kappa shape index (κ1) is 21.0. The fourth-order valence-corrected chi connectivity index (χ4v) is 1.85. The van der Waals surface area contributed by atoms with E-state index in [1.165, 1.54) is 17.7 Å². The highest BCUT2D eigenvalue weighted by Crippen LogP contribution is 2.30. The Bertz CT molecular complexity index is 162. The second kappa shape index (κ2) is 20.1. The molecule has 2 N–H and O–H groups in total. The first-order valence-corrected chi connectivity index (χ1v) is 7.47. The lowest BCUT2D eigenvalue weighted by Gasteiger charge is -2.14. The Kier molecular flexibility index (Phi) is 26.3. The monoisotopic (exact) mass is 245 g/mol. The minimum atomic E-state index is 1.08. The van der Waals surface area contributed by atoms with Crippen molar-refractivity contribution in [3.8, 4) is 0 Å². The summed E-state index contributed by atoms with van der Waals surface area (Å²) in [7, 11) is 0. The Balaban J connectivity index is -0.000000245. The predicted octanol–water partition coefficient (Wildman–Crippen LogP) is 5.69. The molecule has 0 heterocycles. The van der Waals surface area contributed by atoms with Crippen molar-refractivity contribution < 1.29 is 0 Å². The Morgan fingerprint density at radius 1 is 1.00 bits per heavy atom. The molecule has 0 fully saturated rings. The summed E-state index contributed by atoms with van der Waals surface area (Å²) >= 11 is 1.68. The molecule has 0 aromatic rings. The molecule has 0 bridgehead atoms. The molecule has 1 nitrogen and oxygen atoms in total. The van der Waals surface area contributed by atoms with Gasteiger partial charge in [0.2, 0.25) is 0 Å². The van der Waals surface area contributed by atoms with Gasteiger partial charge in [-0.1, -0.05) is 48.1 Å². The smallest absolute Gasteiger partial charge is 0.0180 e. The zero-order valence-electron chi connectivity index (χ0n) is 12.1. The van der Waals surface area contributed by atoms with Crippen LogP contribution in [0.2, 0.25) is 0 Å². The van der Waals surface area contributed by atoms with Gasteiger partial charge in [0, 0.05) is 10.6 Å². The molecule has 0 atom stereocenters. The summed E-state index contributed by atoms with van der Waals surface area (Å²) in [4.78, 5) is 1.33. The molecule has 0 saturated heterocycles. The standard InChI is InChI=1S/C8H13NS.3C2H6/c1-2-10-8-6-4-3-5-7(8)9;3*1-2/h2H,1,3-6,9H2;3*1-2H3. The van der Waals surface area contributed by atoms with Crippen molar-refractivity contribution in [2.45, 2.75) is 67.2 Å². The third-order valence-electron chi connectivity index (χ3n) is 1.68. The minimum absolute atomic E-state index is 1.08. The van der Waals surface area contributed by atoms with Crippen molar-refractivity contribution in [1.29, 1.82) is 0 Å². The number of thioether (sulfide) groups is 1. The molecule has 0 saturated carbocycles. The summed E-state index contributed by atoms with van der Waals surface area (Å²) < 4.78 is 0. The van der Waals surface area contributed by atoms with Crippen molar-refractivity contribution in [1.82, 2.24) is 0 Å². The largest absolute Gasteiger partial charge is 0.401 e. The SMILES string of the molecule is C=CSC1=C(N)CCCC1.CC.CC.CC. The van der Waals surface area contributed by atoms with Crippen molar-refractivity contribution >= 4 is 11.8 Å². The van der Waals surface area contributed by atoms with Crippen LogP contribution < -0.4 is 5.73 Å². The average molecular weight is 245 g/mol. The van der Waals surface area contributed by atoms with Gasteiger partial charge in [0.25, 0.3) is 0 Å². The Hall–Kier alpha value is -0.370. The molecule has 0 aliphatic heterocycles. The van der Waals surface area contributed by atoms with Crippen molar-refractivity contribution in [3.05, 3.63) is 22.6 Å². The predicted molar refractivity (Wildman–Crippen MR) is 81.5 cm³/mol. The Morgan fingerprint density at radius 2 is 1.44 bits per heavy atom. The van der Waals surface area contributed by atoms with Crippen LogP contribution in [0.5, 0.6) is 0 Å². The van der Waals surface area contributed by atoms with Crippen LogP contribution in [-0.2, 0) is 0 Å². The normalized spacial score (nSPS) is 13.1. The van der Waals surface area contributed by atoms with Gasteiger partial charge in [-0.3, -0.25) is 0 Å². The summed E-state index contributed by atoms with van der Waals surface area (Å²) in [6, 6.07) is 0. The first-order valence-electron chi connectivity index (χ1n) is 6.59. The van der Waals surface area contributed by atoms with Gasteiger partial charge in [-0.2, -0.15) is 0 Å². The lowest BCUT2D eigenvalue weighted by molar-refractivity contribution is 0.689. The molecule has 0 aromatic carbocycles. The van der Waals surface area contributed by atoms with Crippen molar-refractivity contribution in [2.24, 2.45) is 5.73 Å². The molecule has 0 aromatic heterocycles. The van der Waals surface area contributed by atoms with Crippen molar-refractivity contribution in [2.75, 3.05) is 0 Å². The van der Waals surface area contributed by atoms with Gasteiger partial charge in [-0.15, -0.1) is 11.8 Å². The van der Waals surface area contributed by atoms with E-state index in [-0.39, 0.29) is 0 Å². The van der Waals surface area contributed by atoms with Gasteiger partial charge in [-0.05, 0) is 31.1 Å². The van der Waals surface area contributed by atoms with Crippen LogP contribution in [0.25, 0.3) is 0 Å². The van der Waals surface area contributed by atoms with Gasteiger partial charge in [-0.25, -0.2) is 0 Å². The molecule has 98 valence electrons. The van der Waals surface area contributed by atoms with Crippen LogP contribution >= 0.6 is 11.8 Å². The third kappa shape index (κ3) is 11.7. The summed E-state index contributed by atoms with van der Waals surface area (Å²) in [6.45, 7) is 15.7. The van der Waals surface area contributed by atoms with E-state index in [4.69, 9.17) is 5.73 Å². The maximum atomic E-state index is 5.78. The molecule has 0 amide bonds. The topological polar surface area (TPSA) is 26.0 Å². The average Bonchev–Trinajstić information content (AvgIpc) is 2.40. The molecule has 1 rings (SSSR count). The molecule has 0 unspecified atom stereocenters. The highest BCUT2D eigenvalue weighted by atomic mass is 32.2. The quantitative estimate of drug-likeness (QED) is 0.676. The van der Waals surface area contributed by atoms with E-state index in [1.807, 2.05) is 47.0 Å². The second-order valence-electron chi connectivity index (χ2n) is 2.44. The van der Waals surface area contributed by atoms with Crippen LogP contribution in [-0.4, -0.2) is 0 Å². The van der Waals surface area contributed by atoms with E-state index >= 15 is 0 Å². The first-order chi connectivity index (χ1) is 7.84. The number of nitrogens with two attached hydrogens (primary N) is 1. The van der Waals surface area contributed by atoms with Gasteiger partial charge >= 0.3 is 0 Å². The van der Waals surface area contributed by atoms with Gasteiger partial charge < -0.3 is 5.73 Å². The summed E-state index contributed by atoms with van der Waals surface area (Å²) in [6.07, 6.45) is 4.78. The molecular weight excluding hydrogens is 214 g/mol. The van der Waals surface area contributed by atoms with Crippen molar-refractivity contribution in [3.63, 3.8) is 0 Å². The Labute approximate surface area is 108 Å². The van der Waals surface area contributed by atoms with E-state index in [0.717, 1.165) is 18.5 Å². The van der Waals surface area contributed by atoms with E-state index in [2.05, 4.69) is 6.58 Å². The molecular formula is C14H31NS. The zero-order chi connectivity index (χ0) is 13.4. The van der Waals surface area contributed by atoms with Gasteiger partial charge in [0.1, 0.15) is 0 Å². The van der Waals surface area contributed by atoms with E-state index in [0.29, 0.717) is 0 Å². The summed E-state index contributed by atoms with van der Waals surface area (Å²) in [5.41, 5.74) is 6.86. The molecule has 1 aliphatic rings. The fourth-order valence-electron chi connectivity index (χ4n) is 1.14. The number of hydrogen-bond donors (Lipinski definition) is 1. The molecule has 0 spiro atoms. The molecule has 2 heteroatoms. The van der Waals surface area contributed by atoms with Crippen LogP contribution in [0, 0.1) is 0 Å². The second-order valence-corrected chi connectivity index (χ2v) is 3.50. The maximum absolute atomic E-state index is 5.78. The maximum Gasteiger partial charge on any atom is 0.0180 e. The molecule has 16 heavy (non-hydrogen) atoms. The highest BCUT2D eigenvalue weighted by molar-refractivity contribution is 8.05. The van der Waals surface area contributed by atoms with E-state index < -0.39 is 0 Å². The van der Waals surface area contributed by atoms with Gasteiger partial charge in [0.05, 0.1) is 0 Å². The van der Waals surface area contributed by atoms with Crippen LogP contribution in [0.1, 0.15) is 67.2 Å². The van der Waals surface area contributed by atoms with Crippen LogP contribution in [0.3, 0.4) is 0 Å². The van der Waals surface area contributed by atoms with Gasteiger partial charge in [0.15, 0.2) is 0 Å². The number of hydrogen-bond acceptors (Lipinski definition) is 2. The van der Waals surface area contributed by atoms with E-state index in [9.17, 15) is 0 Å². The third-order valence-corrected chi connectivity index (χ3v) is 2.60. The van der Waals surface area contributed by atoms with Crippen LogP contribution in [0.15, 0.2) is 22.6 Å². The Morgan fingerprint density at radius 3 is 1.81 bits per heavy atom. The van der Waals surface area contributed by atoms with Crippen LogP contribution in [0.4, 0.5) is 0 Å². The lowest BCUT2D eigenvalue weighted by atomic mass is 10.1. The summed E-state index contributed by atoms with van der Waals surface area (Å²) in [5, 5.41) is 1.85. The van der Waals surface area contributed by atoms with E-state index in [1.54, 1.807) is 11.8 Å². The molecule has 0 radical (unpaired) electrons. The highest BCUT2D eigenvalue weighted by Gasteiger charge is 2.08. The number of allylic oxidation sites excluding steroid dienone is 2. The number of rotatable bonds is 2. The minimum Gasteiger partial charge on any atom is -0.401 e. The lowest BCUT2D eigenvalue weighted by Crippen LogP contribution is -2.05. The fraction of sp³-hybridized carbons (Fsp3) is 0.714. The summed E-state index contributed by atoms with van der Waals surface area (Å²) in [5.74, 6) is 0. The molecule has 1 aliphatic carbocycles. The zero-order valence-corrected chi connectivity index (χ0v) is 12.9.